The molecule has 0 heterocycles. The molecule has 0 saturated heterocycles. The second kappa shape index (κ2) is 8.09. The molecule has 0 bridgehead atoms. The fraction of sp³-hybridized carbons (Fsp3) is 0.440. The van der Waals surface area contributed by atoms with Crippen molar-refractivity contribution in [2.45, 2.75) is 65.2 Å². The molecule has 0 aliphatic carbocycles. The first kappa shape index (κ1) is 20.9. The number of aromatic hydroxyl groups is 1. The molecule has 2 aromatic rings. The SMILES string of the molecule is C#CCOc1cc(CCc2ccc(C(C)(C)C)c(O)c2)ccc1C(C)(C)C. The Hall–Kier alpha value is -2.40. The van der Waals surface area contributed by atoms with Gasteiger partial charge in [0.25, 0.3) is 0 Å². The minimum atomic E-state index is -0.0608. The summed E-state index contributed by atoms with van der Waals surface area (Å²) in [5.74, 6) is 3.79. The summed E-state index contributed by atoms with van der Waals surface area (Å²) >= 11 is 0. The Kier molecular flexibility index (Phi) is 6.26. The van der Waals surface area contributed by atoms with Gasteiger partial charge in [-0.3, -0.25) is 0 Å². The first-order valence-electron chi connectivity index (χ1n) is 9.54. The molecule has 2 nitrogen and oxygen atoms in total. The summed E-state index contributed by atoms with van der Waals surface area (Å²) in [6, 6.07) is 12.4. The van der Waals surface area contributed by atoms with Crippen molar-refractivity contribution in [2.24, 2.45) is 0 Å². The monoisotopic (exact) mass is 364 g/mol. The first-order valence-corrected chi connectivity index (χ1v) is 9.54. The van der Waals surface area contributed by atoms with Gasteiger partial charge >= 0.3 is 0 Å². The zero-order valence-electron chi connectivity index (χ0n) is 17.5. The summed E-state index contributed by atoms with van der Waals surface area (Å²) in [5.41, 5.74) is 4.41. The highest BCUT2D eigenvalue weighted by molar-refractivity contribution is 5.43. The van der Waals surface area contributed by atoms with Crippen molar-refractivity contribution in [3.05, 3.63) is 58.7 Å². The lowest BCUT2D eigenvalue weighted by molar-refractivity contribution is 0.357. The van der Waals surface area contributed by atoms with Crippen LogP contribution in [-0.2, 0) is 23.7 Å². The summed E-state index contributed by atoms with van der Waals surface area (Å²) in [4.78, 5) is 0. The minimum Gasteiger partial charge on any atom is -0.508 e. The summed E-state index contributed by atoms with van der Waals surface area (Å²) in [7, 11) is 0. The van der Waals surface area contributed by atoms with E-state index in [0.717, 1.165) is 35.3 Å². The van der Waals surface area contributed by atoms with Gasteiger partial charge in [0.15, 0.2) is 0 Å². The van der Waals surface area contributed by atoms with Crippen LogP contribution in [0.4, 0.5) is 0 Å². The van der Waals surface area contributed by atoms with Crippen molar-refractivity contribution >= 4 is 0 Å². The molecule has 0 unspecified atom stereocenters. The van der Waals surface area contributed by atoms with E-state index in [4.69, 9.17) is 11.2 Å². The highest BCUT2D eigenvalue weighted by Gasteiger charge is 2.20. The zero-order chi connectivity index (χ0) is 20.2. The van der Waals surface area contributed by atoms with Gasteiger partial charge in [-0.15, -0.1) is 6.42 Å². The van der Waals surface area contributed by atoms with Gasteiger partial charge in [-0.05, 0) is 58.1 Å². The Morgan fingerprint density at radius 2 is 1.37 bits per heavy atom. The van der Waals surface area contributed by atoms with Crippen LogP contribution >= 0.6 is 0 Å². The molecule has 2 heteroatoms. The molecule has 0 aromatic heterocycles. The molecule has 2 aromatic carbocycles. The summed E-state index contributed by atoms with van der Waals surface area (Å²) in [6.45, 7) is 13.1. The molecule has 1 N–H and O–H groups in total. The van der Waals surface area contributed by atoms with Gasteiger partial charge in [0.05, 0.1) is 0 Å². The highest BCUT2D eigenvalue weighted by atomic mass is 16.5. The van der Waals surface area contributed by atoms with E-state index in [9.17, 15) is 5.11 Å². The molecule has 0 spiro atoms. The maximum Gasteiger partial charge on any atom is 0.148 e. The number of hydrogen-bond donors (Lipinski definition) is 1. The third-order valence-electron chi connectivity index (χ3n) is 4.74. The number of rotatable bonds is 5. The molecular weight excluding hydrogens is 332 g/mol. The number of benzene rings is 2. The summed E-state index contributed by atoms with van der Waals surface area (Å²) < 4.78 is 5.80. The Balaban J connectivity index is 2.18. The molecular formula is C25H32O2. The van der Waals surface area contributed by atoms with E-state index in [2.05, 4.69) is 71.7 Å². The number of ether oxygens (including phenoxy) is 1. The standard InChI is InChI=1S/C25H32O2/c1-8-15-27-23-17-19(12-14-21(23)25(5,6)7)10-9-18-11-13-20(22(26)16-18)24(2,3)4/h1,11-14,16-17,26H,9-10,15H2,2-7H3. The molecule has 0 radical (unpaired) electrons. The van der Waals surface area contributed by atoms with Crippen LogP contribution in [0.1, 0.15) is 63.8 Å². The average molecular weight is 365 g/mol. The van der Waals surface area contributed by atoms with Gasteiger partial charge in [0.1, 0.15) is 18.1 Å². The number of phenols is 1. The van der Waals surface area contributed by atoms with Crippen molar-refractivity contribution in [2.75, 3.05) is 6.61 Å². The van der Waals surface area contributed by atoms with Gasteiger partial charge in [0.2, 0.25) is 0 Å². The molecule has 0 fully saturated rings. The molecule has 27 heavy (non-hydrogen) atoms. The number of terminal acetylenes is 1. The lowest BCUT2D eigenvalue weighted by Crippen LogP contribution is -2.14. The van der Waals surface area contributed by atoms with Crippen molar-refractivity contribution in [3.63, 3.8) is 0 Å². The summed E-state index contributed by atoms with van der Waals surface area (Å²) in [5, 5.41) is 10.4. The Labute approximate surface area is 164 Å². The maximum atomic E-state index is 10.4. The normalized spacial score (nSPS) is 11.9. The molecule has 0 aliphatic rings. The quantitative estimate of drug-likeness (QED) is 0.681. The Morgan fingerprint density at radius 3 is 1.85 bits per heavy atom. The predicted octanol–water partition coefficient (Wildman–Crippen LogP) is 5.78. The third kappa shape index (κ3) is 5.54. The van der Waals surface area contributed by atoms with E-state index in [1.165, 1.54) is 5.56 Å². The van der Waals surface area contributed by atoms with Crippen LogP contribution < -0.4 is 4.74 Å². The second-order valence-electron chi connectivity index (χ2n) is 9.17. The van der Waals surface area contributed by atoms with Gasteiger partial charge in [-0.2, -0.15) is 0 Å². The van der Waals surface area contributed by atoms with Crippen molar-refractivity contribution in [3.8, 4) is 23.8 Å². The number of hydrogen-bond acceptors (Lipinski definition) is 2. The van der Waals surface area contributed by atoms with E-state index in [-0.39, 0.29) is 17.4 Å². The molecule has 0 atom stereocenters. The number of phenolic OH excluding ortho intramolecular Hbond substituents is 1. The van der Waals surface area contributed by atoms with Crippen LogP contribution in [0.15, 0.2) is 36.4 Å². The Bertz CT molecular complexity index is 827. The fourth-order valence-electron chi connectivity index (χ4n) is 3.24. The summed E-state index contributed by atoms with van der Waals surface area (Å²) in [6.07, 6.45) is 7.11. The predicted molar refractivity (Wildman–Crippen MR) is 114 cm³/mol. The smallest absolute Gasteiger partial charge is 0.148 e. The van der Waals surface area contributed by atoms with Gasteiger partial charge in [0, 0.05) is 0 Å². The van der Waals surface area contributed by atoms with Crippen molar-refractivity contribution in [1.82, 2.24) is 0 Å². The van der Waals surface area contributed by atoms with E-state index < -0.39 is 0 Å². The number of aryl methyl sites for hydroxylation is 2. The van der Waals surface area contributed by atoms with Crippen LogP contribution in [0.25, 0.3) is 0 Å². The first-order chi connectivity index (χ1) is 12.5. The maximum absolute atomic E-state index is 10.4. The molecule has 0 amide bonds. The minimum absolute atomic E-state index is 0.00294. The van der Waals surface area contributed by atoms with Crippen LogP contribution in [-0.4, -0.2) is 11.7 Å². The molecule has 2 rings (SSSR count). The van der Waals surface area contributed by atoms with Crippen LogP contribution in [0, 0.1) is 12.3 Å². The van der Waals surface area contributed by atoms with Crippen LogP contribution in [0.5, 0.6) is 11.5 Å². The van der Waals surface area contributed by atoms with Crippen molar-refractivity contribution in [1.29, 1.82) is 0 Å². The Morgan fingerprint density at radius 1 is 0.852 bits per heavy atom. The van der Waals surface area contributed by atoms with Gasteiger partial charge in [-0.25, -0.2) is 0 Å². The topological polar surface area (TPSA) is 29.5 Å². The fourth-order valence-corrected chi connectivity index (χ4v) is 3.24. The second-order valence-corrected chi connectivity index (χ2v) is 9.17. The average Bonchev–Trinajstić information content (AvgIpc) is 2.56. The largest absolute Gasteiger partial charge is 0.508 e. The van der Waals surface area contributed by atoms with Gasteiger partial charge < -0.3 is 9.84 Å². The molecule has 0 aliphatic heterocycles. The van der Waals surface area contributed by atoms with Crippen molar-refractivity contribution < 1.29 is 9.84 Å². The van der Waals surface area contributed by atoms with Crippen LogP contribution in [0.3, 0.4) is 0 Å². The van der Waals surface area contributed by atoms with E-state index in [1.54, 1.807) is 0 Å². The van der Waals surface area contributed by atoms with Crippen LogP contribution in [0.2, 0.25) is 0 Å². The highest BCUT2D eigenvalue weighted by Crippen LogP contribution is 2.33. The molecule has 144 valence electrons. The van der Waals surface area contributed by atoms with E-state index in [0.29, 0.717) is 5.75 Å². The van der Waals surface area contributed by atoms with E-state index in [1.807, 2.05) is 12.1 Å². The zero-order valence-corrected chi connectivity index (χ0v) is 17.5. The lowest BCUT2D eigenvalue weighted by atomic mass is 9.85. The van der Waals surface area contributed by atoms with Gasteiger partial charge in [-0.1, -0.05) is 71.7 Å². The third-order valence-corrected chi connectivity index (χ3v) is 4.74. The van der Waals surface area contributed by atoms with E-state index >= 15 is 0 Å². The molecule has 0 saturated carbocycles. The lowest BCUT2D eigenvalue weighted by Gasteiger charge is -2.23.